The molecule has 1 atom stereocenters. The van der Waals surface area contributed by atoms with Crippen molar-refractivity contribution in [2.24, 2.45) is 0 Å². The Morgan fingerprint density at radius 3 is 1.78 bits per heavy atom. The van der Waals surface area contributed by atoms with Gasteiger partial charge in [-0.3, -0.25) is 10.4 Å². The highest BCUT2D eigenvalue weighted by atomic mass is 79.9. The van der Waals surface area contributed by atoms with Gasteiger partial charge in [0, 0.05) is 6.07 Å². The van der Waals surface area contributed by atoms with Crippen LogP contribution in [0.1, 0.15) is 40.9 Å². The Morgan fingerprint density at radius 2 is 1.27 bits per heavy atom. The standard InChI is InChI=1S/C34H28BrN5O/c1-23(24-14-6-2-7-15-24)36-33(41)38-29-22-28-30(32(35)40-39-28)31(37-29)34(25-16-8-3-9-17-25,26-18-10-4-11-19-26)27-20-12-5-13-21-27/h2-23H,1H3,(H,39,40)(H2,36,37,38,41)/t23-/m1/s1. The molecular formula is C34H28BrN5O. The molecule has 4 aromatic carbocycles. The molecule has 0 spiro atoms. The van der Waals surface area contributed by atoms with Gasteiger partial charge in [-0.05, 0) is 45.1 Å². The highest BCUT2D eigenvalue weighted by Gasteiger charge is 2.42. The average Bonchev–Trinajstić information content (AvgIpc) is 3.39. The number of fused-ring (bicyclic) bond motifs is 1. The number of pyridine rings is 1. The van der Waals surface area contributed by atoms with Gasteiger partial charge in [-0.2, -0.15) is 5.10 Å². The molecule has 202 valence electrons. The van der Waals surface area contributed by atoms with Crippen LogP contribution < -0.4 is 10.6 Å². The molecule has 0 bridgehead atoms. The summed E-state index contributed by atoms with van der Waals surface area (Å²) in [5.74, 6) is 0.399. The summed E-state index contributed by atoms with van der Waals surface area (Å²) in [4.78, 5) is 18.4. The van der Waals surface area contributed by atoms with E-state index in [4.69, 9.17) is 4.98 Å². The summed E-state index contributed by atoms with van der Waals surface area (Å²) >= 11 is 3.70. The quantitative estimate of drug-likeness (QED) is 0.162. The van der Waals surface area contributed by atoms with Gasteiger partial charge in [0.2, 0.25) is 0 Å². The summed E-state index contributed by atoms with van der Waals surface area (Å²) in [7, 11) is 0. The number of rotatable bonds is 7. The molecule has 2 heterocycles. The lowest BCUT2D eigenvalue weighted by Gasteiger charge is -2.36. The van der Waals surface area contributed by atoms with Crippen molar-refractivity contribution in [1.29, 1.82) is 0 Å². The molecule has 0 aliphatic heterocycles. The zero-order valence-corrected chi connectivity index (χ0v) is 24.0. The van der Waals surface area contributed by atoms with E-state index in [1.54, 1.807) is 6.07 Å². The molecule has 0 aliphatic carbocycles. The fourth-order valence-electron chi connectivity index (χ4n) is 5.49. The average molecular weight is 603 g/mol. The second-order valence-corrected chi connectivity index (χ2v) is 10.7. The number of anilines is 1. The monoisotopic (exact) mass is 601 g/mol. The van der Waals surface area contributed by atoms with Gasteiger partial charge in [0.05, 0.1) is 28.1 Å². The molecule has 6 nitrogen and oxygen atoms in total. The molecule has 0 saturated heterocycles. The minimum absolute atomic E-state index is 0.184. The van der Waals surface area contributed by atoms with Gasteiger partial charge >= 0.3 is 6.03 Å². The second kappa shape index (κ2) is 11.4. The van der Waals surface area contributed by atoms with Gasteiger partial charge < -0.3 is 5.32 Å². The first-order valence-corrected chi connectivity index (χ1v) is 14.2. The highest BCUT2D eigenvalue weighted by molar-refractivity contribution is 9.10. The highest BCUT2D eigenvalue weighted by Crippen LogP contribution is 2.47. The summed E-state index contributed by atoms with van der Waals surface area (Å²) in [6.07, 6.45) is 0. The molecule has 6 rings (SSSR count). The maximum Gasteiger partial charge on any atom is 0.320 e. The molecule has 3 N–H and O–H groups in total. The molecule has 0 saturated carbocycles. The topological polar surface area (TPSA) is 82.7 Å². The Bertz CT molecular complexity index is 1680. The Balaban J connectivity index is 1.55. The van der Waals surface area contributed by atoms with Gasteiger partial charge in [0.1, 0.15) is 10.4 Å². The number of urea groups is 1. The smallest absolute Gasteiger partial charge is 0.320 e. The van der Waals surface area contributed by atoms with Crippen LogP contribution in [0.4, 0.5) is 10.6 Å². The molecule has 0 fully saturated rings. The van der Waals surface area contributed by atoms with Gasteiger partial charge in [-0.25, -0.2) is 9.78 Å². The van der Waals surface area contributed by atoms with Crippen molar-refractivity contribution in [3.05, 3.63) is 160 Å². The summed E-state index contributed by atoms with van der Waals surface area (Å²) < 4.78 is 0.718. The van der Waals surface area contributed by atoms with Crippen molar-refractivity contribution in [1.82, 2.24) is 20.5 Å². The molecule has 7 heteroatoms. The number of benzene rings is 4. The number of aromatic nitrogens is 3. The van der Waals surface area contributed by atoms with E-state index in [0.717, 1.165) is 37.9 Å². The van der Waals surface area contributed by atoms with E-state index in [9.17, 15) is 4.79 Å². The SMILES string of the molecule is C[C@@H](NC(=O)Nc1cc2n[nH]c(Br)c2c(C(c2ccccc2)(c2ccccc2)c2ccccc2)n1)c1ccccc1. The van der Waals surface area contributed by atoms with Crippen molar-refractivity contribution in [2.75, 3.05) is 5.32 Å². The Kier molecular flexibility index (Phi) is 7.35. The summed E-state index contributed by atoms with van der Waals surface area (Å²) in [6, 6.07) is 42.1. The first kappa shape index (κ1) is 26.5. The van der Waals surface area contributed by atoms with E-state index in [-0.39, 0.29) is 12.1 Å². The predicted octanol–water partition coefficient (Wildman–Crippen LogP) is 7.99. The lowest BCUT2D eigenvalue weighted by Crippen LogP contribution is -2.34. The number of amides is 2. The maximum absolute atomic E-state index is 13.2. The van der Waals surface area contributed by atoms with Gasteiger partial charge in [0.25, 0.3) is 0 Å². The van der Waals surface area contributed by atoms with E-state index in [2.05, 4.69) is 73.2 Å². The fourth-order valence-corrected chi connectivity index (χ4v) is 5.97. The van der Waals surface area contributed by atoms with Crippen LogP contribution in [-0.2, 0) is 5.41 Å². The number of aromatic amines is 1. The number of hydrogen-bond donors (Lipinski definition) is 3. The van der Waals surface area contributed by atoms with Gasteiger partial charge in [-0.1, -0.05) is 121 Å². The van der Waals surface area contributed by atoms with Crippen molar-refractivity contribution >= 4 is 38.7 Å². The Hall–Kier alpha value is -4.75. The minimum Gasteiger partial charge on any atom is -0.331 e. The third kappa shape index (κ3) is 5.00. The van der Waals surface area contributed by atoms with E-state index >= 15 is 0 Å². The van der Waals surface area contributed by atoms with Crippen LogP contribution in [-0.4, -0.2) is 21.2 Å². The number of nitrogens with zero attached hydrogens (tertiary/aromatic N) is 2. The largest absolute Gasteiger partial charge is 0.331 e. The molecule has 0 unspecified atom stereocenters. The molecular weight excluding hydrogens is 574 g/mol. The van der Waals surface area contributed by atoms with Crippen LogP contribution >= 0.6 is 15.9 Å². The molecule has 0 radical (unpaired) electrons. The molecule has 0 aliphatic rings. The molecule has 2 aromatic heterocycles. The number of H-pyrrole nitrogens is 1. The number of carbonyl (C=O) groups excluding carboxylic acids is 1. The molecule has 2 amide bonds. The van der Waals surface area contributed by atoms with E-state index in [0.29, 0.717) is 11.3 Å². The molecule has 41 heavy (non-hydrogen) atoms. The predicted molar refractivity (Wildman–Crippen MR) is 167 cm³/mol. The zero-order chi connectivity index (χ0) is 28.2. The van der Waals surface area contributed by atoms with E-state index in [1.807, 2.05) is 91.9 Å². The van der Waals surface area contributed by atoms with Crippen LogP contribution in [0.25, 0.3) is 10.9 Å². The summed E-state index contributed by atoms with van der Waals surface area (Å²) in [5.41, 5.74) is 4.74. The van der Waals surface area contributed by atoms with Gasteiger partial charge in [0.15, 0.2) is 0 Å². The van der Waals surface area contributed by atoms with Gasteiger partial charge in [-0.15, -0.1) is 0 Å². The number of hydrogen-bond acceptors (Lipinski definition) is 3. The van der Waals surface area contributed by atoms with E-state index in [1.165, 1.54) is 0 Å². The minimum atomic E-state index is -0.820. The second-order valence-electron chi connectivity index (χ2n) is 9.87. The normalized spacial score (nSPS) is 12.1. The van der Waals surface area contributed by atoms with Crippen molar-refractivity contribution in [2.45, 2.75) is 18.4 Å². The summed E-state index contributed by atoms with van der Waals surface area (Å²) in [5, 5.41) is 14.5. The first-order chi connectivity index (χ1) is 20.1. The number of halogens is 1. The van der Waals surface area contributed by atoms with Crippen molar-refractivity contribution in [3.63, 3.8) is 0 Å². The van der Waals surface area contributed by atoms with Crippen LogP contribution in [0.15, 0.2) is 132 Å². The number of nitrogens with one attached hydrogen (secondary N) is 3. The van der Waals surface area contributed by atoms with Crippen molar-refractivity contribution < 1.29 is 4.79 Å². The zero-order valence-electron chi connectivity index (χ0n) is 22.4. The number of carbonyl (C=O) groups is 1. The Morgan fingerprint density at radius 1 is 0.780 bits per heavy atom. The third-order valence-electron chi connectivity index (χ3n) is 7.36. The lowest BCUT2D eigenvalue weighted by atomic mass is 9.66. The fraction of sp³-hybridized carbons (Fsp3) is 0.0882. The molecule has 6 aromatic rings. The van der Waals surface area contributed by atoms with Crippen LogP contribution in [0, 0.1) is 0 Å². The first-order valence-electron chi connectivity index (χ1n) is 13.4. The van der Waals surface area contributed by atoms with Crippen LogP contribution in [0.5, 0.6) is 0 Å². The third-order valence-corrected chi connectivity index (χ3v) is 7.93. The lowest BCUT2D eigenvalue weighted by molar-refractivity contribution is 0.249. The van der Waals surface area contributed by atoms with Crippen LogP contribution in [0.3, 0.4) is 0 Å². The van der Waals surface area contributed by atoms with Crippen molar-refractivity contribution in [3.8, 4) is 0 Å². The summed E-state index contributed by atoms with van der Waals surface area (Å²) in [6.45, 7) is 1.95. The Labute approximate surface area is 247 Å². The maximum atomic E-state index is 13.2. The van der Waals surface area contributed by atoms with Crippen LogP contribution in [0.2, 0.25) is 0 Å². The van der Waals surface area contributed by atoms with E-state index < -0.39 is 5.41 Å².